The van der Waals surface area contributed by atoms with Crippen molar-refractivity contribution in [3.63, 3.8) is 0 Å². The average Bonchev–Trinajstić information content (AvgIpc) is 3.13. The molecule has 2 heterocycles. The Balaban J connectivity index is 1.96. The number of ether oxygens (including phenoxy) is 3. The highest BCUT2D eigenvalue weighted by Crippen LogP contribution is 2.37. The van der Waals surface area contributed by atoms with Crippen molar-refractivity contribution in [2.75, 3.05) is 21.3 Å². The van der Waals surface area contributed by atoms with Crippen LogP contribution in [-0.2, 0) is 9.53 Å². The van der Waals surface area contributed by atoms with Crippen molar-refractivity contribution in [2.45, 2.75) is 13.0 Å². The lowest BCUT2D eigenvalue weighted by molar-refractivity contribution is -0.136. The van der Waals surface area contributed by atoms with Crippen LogP contribution in [0.15, 0.2) is 63.5 Å². The molecule has 0 fully saturated rings. The van der Waals surface area contributed by atoms with Crippen LogP contribution in [0.5, 0.6) is 17.2 Å². The zero-order valence-corrected chi connectivity index (χ0v) is 19.3. The molecule has 1 aromatic heterocycles. The van der Waals surface area contributed by atoms with Gasteiger partial charge in [0.1, 0.15) is 0 Å². The number of carbonyl (C=O) groups excluding carboxylic acids is 1. The highest BCUT2D eigenvalue weighted by atomic mass is 32.1. The van der Waals surface area contributed by atoms with Gasteiger partial charge in [-0.15, -0.1) is 0 Å². The zero-order chi connectivity index (χ0) is 23.7. The summed E-state index contributed by atoms with van der Waals surface area (Å²) in [6, 6.07) is 11.8. The lowest BCUT2D eigenvalue weighted by Crippen LogP contribution is -2.39. The number of esters is 1. The molecule has 0 spiro atoms. The lowest BCUT2D eigenvalue weighted by atomic mass is 9.96. The molecule has 0 aliphatic carbocycles. The molecule has 8 nitrogen and oxygen atoms in total. The molecule has 1 aliphatic rings. The third-order valence-corrected chi connectivity index (χ3v) is 6.33. The van der Waals surface area contributed by atoms with Crippen molar-refractivity contribution in [3.8, 4) is 17.2 Å². The van der Waals surface area contributed by atoms with Crippen LogP contribution in [0.2, 0.25) is 0 Å². The average molecular weight is 467 g/mol. The standard InChI is InChI=1S/C24H22N2O6S/c1-13-19(23(29)32-4)20(15-8-6-5-7-9-15)26-22(28)18(33-24(26)25-13)12-14-10-16(30-2)21(27)17(11-14)31-3/h5-12,20,27H,1-4H3. The fourth-order valence-corrected chi connectivity index (χ4v) is 4.84. The van der Waals surface area contributed by atoms with Crippen molar-refractivity contribution in [2.24, 2.45) is 4.99 Å². The first-order chi connectivity index (χ1) is 15.9. The molecule has 1 aliphatic heterocycles. The molecule has 3 aromatic rings. The van der Waals surface area contributed by atoms with E-state index in [2.05, 4.69) is 4.99 Å². The van der Waals surface area contributed by atoms with Gasteiger partial charge in [0.2, 0.25) is 5.75 Å². The Bertz CT molecular complexity index is 1410. The van der Waals surface area contributed by atoms with E-state index in [9.17, 15) is 14.7 Å². The number of phenolic OH excluding ortho intramolecular Hbond substituents is 1. The van der Waals surface area contributed by atoms with Crippen LogP contribution in [-0.4, -0.2) is 37.0 Å². The molecule has 0 saturated carbocycles. The van der Waals surface area contributed by atoms with Crippen LogP contribution < -0.4 is 24.4 Å². The number of hydrogen-bond acceptors (Lipinski definition) is 8. The largest absolute Gasteiger partial charge is 0.502 e. The van der Waals surface area contributed by atoms with Gasteiger partial charge in [-0.2, -0.15) is 0 Å². The van der Waals surface area contributed by atoms with E-state index in [1.54, 1.807) is 25.1 Å². The monoisotopic (exact) mass is 466 g/mol. The number of rotatable bonds is 5. The first kappa shape index (κ1) is 22.3. The van der Waals surface area contributed by atoms with Gasteiger partial charge in [0, 0.05) is 0 Å². The number of fused-ring (bicyclic) bond motifs is 1. The number of phenols is 1. The third-order valence-electron chi connectivity index (χ3n) is 5.34. The minimum Gasteiger partial charge on any atom is -0.502 e. The maximum atomic E-state index is 13.5. The number of hydrogen-bond donors (Lipinski definition) is 1. The molecule has 1 unspecified atom stereocenters. The summed E-state index contributed by atoms with van der Waals surface area (Å²) in [7, 11) is 4.17. The fourth-order valence-electron chi connectivity index (χ4n) is 3.79. The molecule has 1 atom stereocenters. The smallest absolute Gasteiger partial charge is 0.338 e. The topological polar surface area (TPSA) is 99.4 Å². The van der Waals surface area contributed by atoms with Crippen LogP contribution in [0.4, 0.5) is 0 Å². The molecule has 2 aromatic carbocycles. The van der Waals surface area contributed by atoms with Crippen LogP contribution in [0, 0.1) is 0 Å². The molecule has 1 N–H and O–H groups in total. The van der Waals surface area contributed by atoms with Gasteiger partial charge >= 0.3 is 5.97 Å². The van der Waals surface area contributed by atoms with Gasteiger partial charge in [0.05, 0.1) is 43.2 Å². The summed E-state index contributed by atoms with van der Waals surface area (Å²) >= 11 is 1.21. The van der Waals surface area contributed by atoms with Gasteiger partial charge in [-0.05, 0) is 36.3 Å². The molecule has 9 heteroatoms. The van der Waals surface area contributed by atoms with Crippen LogP contribution in [0.3, 0.4) is 0 Å². The van der Waals surface area contributed by atoms with E-state index < -0.39 is 12.0 Å². The maximum absolute atomic E-state index is 13.5. The van der Waals surface area contributed by atoms with Crippen LogP contribution in [0.25, 0.3) is 6.08 Å². The number of benzene rings is 2. The molecule has 0 saturated heterocycles. The molecule has 0 amide bonds. The second kappa shape index (κ2) is 8.95. The van der Waals surface area contributed by atoms with Crippen molar-refractivity contribution in [1.29, 1.82) is 0 Å². The molecular formula is C24H22N2O6S. The van der Waals surface area contributed by atoms with E-state index >= 15 is 0 Å². The fraction of sp³-hybridized carbons (Fsp3) is 0.208. The molecule has 0 radical (unpaired) electrons. The third kappa shape index (κ3) is 3.91. The van der Waals surface area contributed by atoms with Crippen molar-refractivity contribution in [3.05, 3.63) is 84.5 Å². The predicted molar refractivity (Wildman–Crippen MR) is 123 cm³/mol. The summed E-state index contributed by atoms with van der Waals surface area (Å²) in [5, 5.41) is 10.2. The number of methoxy groups -OCH3 is 3. The number of thiazole rings is 1. The maximum Gasteiger partial charge on any atom is 0.338 e. The lowest BCUT2D eigenvalue weighted by Gasteiger charge is -2.24. The van der Waals surface area contributed by atoms with Gasteiger partial charge < -0.3 is 19.3 Å². The first-order valence-corrected chi connectivity index (χ1v) is 10.8. The number of aromatic hydroxyl groups is 1. The Hall–Kier alpha value is -3.85. The molecule has 170 valence electrons. The summed E-state index contributed by atoms with van der Waals surface area (Å²) in [4.78, 5) is 31.2. The highest BCUT2D eigenvalue weighted by Gasteiger charge is 2.32. The number of aromatic nitrogens is 1. The SMILES string of the molecule is COC(=O)C1=C(C)N=c2sc(=Cc3cc(OC)c(O)c(OC)c3)c(=O)n2C1c1ccccc1. The van der Waals surface area contributed by atoms with E-state index in [0.717, 1.165) is 5.56 Å². The van der Waals surface area contributed by atoms with Crippen LogP contribution >= 0.6 is 11.3 Å². The predicted octanol–water partition coefficient (Wildman–Crippen LogP) is 2.13. The number of nitrogens with zero attached hydrogens (tertiary/aromatic N) is 2. The summed E-state index contributed by atoms with van der Waals surface area (Å²) in [6.45, 7) is 1.73. The molecule has 0 bridgehead atoms. The van der Waals surface area contributed by atoms with Crippen molar-refractivity contribution >= 4 is 23.4 Å². The van der Waals surface area contributed by atoms with E-state index in [-0.39, 0.29) is 22.8 Å². The van der Waals surface area contributed by atoms with Gasteiger partial charge in [0.15, 0.2) is 16.3 Å². The Labute approximate surface area is 193 Å². The molecular weight excluding hydrogens is 444 g/mol. The summed E-state index contributed by atoms with van der Waals surface area (Å²) in [6.07, 6.45) is 1.67. The van der Waals surface area contributed by atoms with Crippen LogP contribution in [0.1, 0.15) is 24.1 Å². The Kier molecular flexibility index (Phi) is 6.06. The summed E-state index contributed by atoms with van der Waals surface area (Å²) < 4.78 is 17.3. The Morgan fingerprint density at radius 2 is 1.76 bits per heavy atom. The number of carbonyl (C=O) groups is 1. The van der Waals surface area contributed by atoms with E-state index in [1.165, 1.54) is 37.2 Å². The second-order valence-electron chi connectivity index (χ2n) is 7.26. The summed E-state index contributed by atoms with van der Waals surface area (Å²) in [5.41, 5.74) is 1.89. The van der Waals surface area contributed by atoms with Crippen molar-refractivity contribution in [1.82, 2.24) is 4.57 Å². The molecule has 33 heavy (non-hydrogen) atoms. The highest BCUT2D eigenvalue weighted by molar-refractivity contribution is 7.07. The van der Waals surface area contributed by atoms with Gasteiger partial charge in [-0.1, -0.05) is 41.7 Å². The minimum atomic E-state index is -0.666. The van der Waals surface area contributed by atoms with Gasteiger partial charge in [-0.25, -0.2) is 9.79 Å². The van der Waals surface area contributed by atoms with E-state index in [4.69, 9.17) is 14.2 Å². The zero-order valence-electron chi connectivity index (χ0n) is 18.5. The summed E-state index contributed by atoms with van der Waals surface area (Å²) in [5.74, 6) is -0.216. The normalized spacial score (nSPS) is 15.6. The van der Waals surface area contributed by atoms with E-state index in [1.807, 2.05) is 30.3 Å². The van der Waals surface area contributed by atoms with Gasteiger partial charge in [-0.3, -0.25) is 9.36 Å². The van der Waals surface area contributed by atoms with Gasteiger partial charge in [0.25, 0.3) is 5.56 Å². The minimum absolute atomic E-state index is 0.124. The quantitative estimate of drug-likeness (QED) is 0.579. The first-order valence-electron chi connectivity index (χ1n) is 10.00. The Morgan fingerprint density at radius 1 is 1.12 bits per heavy atom. The van der Waals surface area contributed by atoms with Crippen molar-refractivity contribution < 1.29 is 24.1 Å². The van der Waals surface area contributed by atoms with E-state index in [0.29, 0.717) is 26.2 Å². The molecule has 4 rings (SSSR count). The Morgan fingerprint density at radius 3 is 2.33 bits per heavy atom. The number of allylic oxidation sites excluding steroid dienone is 1. The second-order valence-corrected chi connectivity index (χ2v) is 8.27.